The van der Waals surface area contributed by atoms with Crippen molar-refractivity contribution in [1.82, 2.24) is 5.32 Å². The average molecular weight is 279 g/mol. The molecule has 3 N–H and O–H groups in total. The molecule has 20 heavy (non-hydrogen) atoms. The Labute approximate surface area is 116 Å². The molecule has 0 fully saturated rings. The smallest absolute Gasteiger partial charge is 0.407 e. The molecule has 1 aromatic carbocycles. The molecular weight excluding hydrogens is 262 g/mol. The molecule has 0 spiro atoms. The van der Waals surface area contributed by atoms with Gasteiger partial charge in [0, 0.05) is 6.54 Å². The largest absolute Gasteiger partial charge is 0.508 e. The number of aromatic hydroxyl groups is 1. The van der Waals surface area contributed by atoms with Gasteiger partial charge in [0.1, 0.15) is 12.4 Å². The molecule has 1 unspecified atom stereocenters. The van der Waals surface area contributed by atoms with Crippen LogP contribution >= 0.6 is 0 Å². The Morgan fingerprint density at radius 3 is 2.80 bits per heavy atom. The van der Waals surface area contributed by atoms with E-state index in [4.69, 9.17) is 5.11 Å². The number of phenols is 1. The molecule has 0 bridgehead atoms. The summed E-state index contributed by atoms with van der Waals surface area (Å²) in [5.41, 5.74) is 0.679. The summed E-state index contributed by atoms with van der Waals surface area (Å²) >= 11 is 0. The molecule has 1 amide bonds. The van der Waals surface area contributed by atoms with E-state index in [-0.39, 0.29) is 25.3 Å². The second kappa shape index (κ2) is 7.83. The van der Waals surface area contributed by atoms with Gasteiger partial charge in [-0.25, -0.2) is 4.79 Å². The Morgan fingerprint density at radius 1 is 1.45 bits per heavy atom. The summed E-state index contributed by atoms with van der Waals surface area (Å²) in [5, 5.41) is 20.8. The van der Waals surface area contributed by atoms with E-state index < -0.39 is 18.0 Å². The number of carbonyl (C=O) groups is 2. The van der Waals surface area contributed by atoms with E-state index in [0.717, 1.165) is 0 Å². The topological polar surface area (TPSA) is 95.9 Å². The number of hydrogen-bond acceptors (Lipinski definition) is 4. The zero-order chi connectivity index (χ0) is 15.0. The molecule has 6 heteroatoms. The number of benzene rings is 1. The number of hydrogen-bond donors (Lipinski definition) is 3. The molecule has 1 aromatic rings. The maximum Gasteiger partial charge on any atom is 0.407 e. The van der Waals surface area contributed by atoms with Crippen molar-refractivity contribution >= 4 is 12.1 Å². The number of carbonyl (C=O) groups excluding carboxylic acids is 1. The van der Waals surface area contributed by atoms with Gasteiger partial charge in [0.2, 0.25) is 0 Å². The first-order chi connectivity index (χ1) is 9.52. The minimum atomic E-state index is -1.03. The van der Waals surface area contributed by atoms with Crippen molar-refractivity contribution in [3.63, 3.8) is 0 Å². The first kappa shape index (κ1) is 15.6. The lowest BCUT2D eigenvalue weighted by Gasteiger charge is -2.13. The van der Waals surface area contributed by atoms with Crippen molar-refractivity contribution in [1.29, 1.82) is 0 Å². The number of rotatable bonds is 7. The predicted octanol–water partition coefficient (Wildman–Crippen LogP) is 1.55. The standard InChI is InChI=1S/C14H17NO5/c1-2-6-20-14(19)15-9-11(13(17)18)7-10-4-3-5-12(16)8-10/h2-5,8,11,16H,1,6-7,9H2,(H,15,19)(H,17,18). The third kappa shape index (κ3) is 5.43. The normalized spacial score (nSPS) is 11.4. The maximum absolute atomic E-state index is 11.2. The van der Waals surface area contributed by atoms with Crippen molar-refractivity contribution in [2.45, 2.75) is 6.42 Å². The quantitative estimate of drug-likeness (QED) is 0.658. The van der Waals surface area contributed by atoms with E-state index in [1.807, 2.05) is 0 Å². The lowest BCUT2D eigenvalue weighted by molar-refractivity contribution is -0.141. The molecule has 0 heterocycles. The van der Waals surface area contributed by atoms with Crippen LogP contribution in [-0.4, -0.2) is 35.4 Å². The third-order valence-electron chi connectivity index (χ3n) is 2.57. The highest BCUT2D eigenvalue weighted by molar-refractivity contribution is 5.73. The van der Waals surface area contributed by atoms with Gasteiger partial charge in [0.05, 0.1) is 5.92 Å². The summed E-state index contributed by atoms with van der Waals surface area (Å²) in [7, 11) is 0. The lowest BCUT2D eigenvalue weighted by atomic mass is 9.99. The number of carboxylic acids is 1. The Hall–Kier alpha value is -2.50. The van der Waals surface area contributed by atoms with E-state index in [9.17, 15) is 14.7 Å². The van der Waals surface area contributed by atoms with Gasteiger partial charge in [-0.3, -0.25) is 4.79 Å². The summed E-state index contributed by atoms with van der Waals surface area (Å²) in [6.45, 7) is 3.41. The van der Waals surface area contributed by atoms with E-state index in [2.05, 4.69) is 16.6 Å². The Kier molecular flexibility index (Phi) is 6.09. The predicted molar refractivity (Wildman–Crippen MR) is 72.5 cm³/mol. The van der Waals surface area contributed by atoms with Crippen LogP contribution in [0.3, 0.4) is 0 Å². The summed E-state index contributed by atoms with van der Waals surface area (Å²) in [6, 6.07) is 6.34. The fourth-order valence-corrected chi connectivity index (χ4v) is 1.61. The van der Waals surface area contributed by atoms with Crippen molar-refractivity contribution in [3.8, 4) is 5.75 Å². The molecule has 0 saturated heterocycles. The molecular formula is C14H17NO5. The zero-order valence-electron chi connectivity index (χ0n) is 10.9. The second-order valence-electron chi connectivity index (χ2n) is 4.18. The first-order valence-electron chi connectivity index (χ1n) is 6.05. The SMILES string of the molecule is C=CCOC(=O)NCC(Cc1cccc(O)c1)C(=O)O. The van der Waals surface area contributed by atoms with Gasteiger partial charge in [-0.15, -0.1) is 0 Å². The zero-order valence-corrected chi connectivity index (χ0v) is 10.9. The number of alkyl carbamates (subject to hydrolysis) is 1. The fraction of sp³-hybridized carbons (Fsp3) is 0.286. The van der Waals surface area contributed by atoms with Crippen molar-refractivity contribution in [2.75, 3.05) is 13.2 Å². The maximum atomic E-state index is 11.2. The van der Waals surface area contributed by atoms with Crippen LogP contribution in [0.5, 0.6) is 5.75 Å². The fourth-order valence-electron chi connectivity index (χ4n) is 1.61. The Morgan fingerprint density at radius 2 is 2.20 bits per heavy atom. The van der Waals surface area contributed by atoms with Crippen LogP contribution in [0, 0.1) is 5.92 Å². The number of aliphatic carboxylic acids is 1. The van der Waals surface area contributed by atoms with Crippen LogP contribution in [-0.2, 0) is 16.0 Å². The summed E-state index contributed by atoms with van der Waals surface area (Å²) in [6.07, 6.45) is 0.930. The van der Waals surface area contributed by atoms with Crippen molar-refractivity contribution < 1.29 is 24.5 Å². The molecule has 0 saturated carbocycles. The van der Waals surface area contributed by atoms with Gasteiger partial charge < -0.3 is 20.3 Å². The van der Waals surface area contributed by atoms with Gasteiger partial charge in [-0.05, 0) is 24.1 Å². The van der Waals surface area contributed by atoms with Crippen molar-refractivity contribution in [2.24, 2.45) is 5.92 Å². The monoisotopic (exact) mass is 279 g/mol. The van der Waals surface area contributed by atoms with E-state index in [1.165, 1.54) is 18.2 Å². The number of amides is 1. The molecule has 0 aromatic heterocycles. The van der Waals surface area contributed by atoms with Crippen LogP contribution in [0.1, 0.15) is 5.56 Å². The minimum Gasteiger partial charge on any atom is -0.508 e. The van der Waals surface area contributed by atoms with Crippen LogP contribution in [0.25, 0.3) is 0 Å². The molecule has 0 aliphatic carbocycles. The summed E-state index contributed by atoms with van der Waals surface area (Å²) < 4.78 is 4.69. The molecule has 1 atom stereocenters. The average Bonchev–Trinajstić information content (AvgIpc) is 2.40. The van der Waals surface area contributed by atoms with Crippen molar-refractivity contribution in [3.05, 3.63) is 42.5 Å². The highest BCUT2D eigenvalue weighted by Crippen LogP contribution is 2.15. The van der Waals surface area contributed by atoms with E-state index in [1.54, 1.807) is 12.1 Å². The second-order valence-corrected chi connectivity index (χ2v) is 4.18. The number of ether oxygens (including phenoxy) is 1. The molecule has 1 rings (SSSR count). The summed E-state index contributed by atoms with van der Waals surface area (Å²) in [4.78, 5) is 22.4. The number of carboxylic acid groups (broad SMARTS) is 1. The molecule has 0 radical (unpaired) electrons. The van der Waals surface area contributed by atoms with Gasteiger partial charge in [-0.1, -0.05) is 24.8 Å². The van der Waals surface area contributed by atoms with Gasteiger partial charge in [0.25, 0.3) is 0 Å². The Bertz CT molecular complexity index is 486. The number of nitrogens with one attached hydrogen (secondary N) is 1. The highest BCUT2D eigenvalue weighted by Gasteiger charge is 2.19. The molecule has 6 nitrogen and oxygen atoms in total. The summed E-state index contributed by atoms with van der Waals surface area (Å²) in [5.74, 6) is -1.75. The van der Waals surface area contributed by atoms with Gasteiger partial charge in [0.15, 0.2) is 0 Å². The minimum absolute atomic E-state index is 0.0546. The Balaban J connectivity index is 2.55. The third-order valence-corrected chi connectivity index (χ3v) is 2.57. The van der Waals surface area contributed by atoms with Crippen LogP contribution in [0.4, 0.5) is 4.79 Å². The van der Waals surface area contributed by atoms with Gasteiger partial charge >= 0.3 is 12.1 Å². The first-order valence-corrected chi connectivity index (χ1v) is 6.05. The van der Waals surface area contributed by atoms with E-state index in [0.29, 0.717) is 5.56 Å². The van der Waals surface area contributed by atoms with E-state index >= 15 is 0 Å². The molecule has 0 aliphatic heterocycles. The molecule has 108 valence electrons. The van der Waals surface area contributed by atoms with Crippen LogP contribution < -0.4 is 5.32 Å². The van der Waals surface area contributed by atoms with Crippen LogP contribution in [0.15, 0.2) is 36.9 Å². The van der Waals surface area contributed by atoms with Gasteiger partial charge in [-0.2, -0.15) is 0 Å². The van der Waals surface area contributed by atoms with Crippen LogP contribution in [0.2, 0.25) is 0 Å². The molecule has 0 aliphatic rings. The number of phenolic OH excluding ortho intramolecular Hbond substituents is 1. The lowest BCUT2D eigenvalue weighted by Crippen LogP contribution is -2.34. The highest BCUT2D eigenvalue weighted by atomic mass is 16.5.